The molecule has 98 valence electrons. The van der Waals surface area contributed by atoms with Gasteiger partial charge in [0.05, 0.1) is 5.92 Å². The molecule has 0 atom stereocenters. The highest BCUT2D eigenvalue weighted by Gasteiger charge is 2.27. The Kier molecular flexibility index (Phi) is 3.66. The largest absolute Gasteiger partial charge is 0.355 e. The van der Waals surface area contributed by atoms with E-state index in [0.29, 0.717) is 6.54 Å². The van der Waals surface area contributed by atoms with Crippen molar-refractivity contribution in [1.82, 2.24) is 10.6 Å². The zero-order valence-corrected chi connectivity index (χ0v) is 10.8. The third-order valence-corrected chi connectivity index (χ3v) is 3.48. The van der Waals surface area contributed by atoms with Crippen molar-refractivity contribution < 1.29 is 9.18 Å². The first-order valence-corrected chi connectivity index (χ1v) is 6.23. The van der Waals surface area contributed by atoms with Crippen LogP contribution in [0.15, 0.2) is 24.3 Å². The Hall–Kier alpha value is -1.42. The van der Waals surface area contributed by atoms with Crippen LogP contribution in [0.5, 0.6) is 0 Å². The first-order chi connectivity index (χ1) is 8.49. The number of amides is 1. The van der Waals surface area contributed by atoms with Gasteiger partial charge in [0.15, 0.2) is 0 Å². The van der Waals surface area contributed by atoms with Gasteiger partial charge in [0.1, 0.15) is 5.82 Å². The molecular formula is C14H19FN2O. The lowest BCUT2D eigenvalue weighted by molar-refractivity contribution is -0.126. The molecule has 2 rings (SSSR count). The average molecular weight is 250 g/mol. The third-order valence-electron chi connectivity index (χ3n) is 3.48. The van der Waals surface area contributed by atoms with Gasteiger partial charge in [-0.1, -0.05) is 26.0 Å². The molecule has 1 saturated heterocycles. The third kappa shape index (κ3) is 2.88. The average Bonchev–Trinajstić information content (AvgIpc) is 2.25. The van der Waals surface area contributed by atoms with E-state index in [4.69, 9.17) is 0 Å². The van der Waals surface area contributed by atoms with E-state index in [-0.39, 0.29) is 23.1 Å². The van der Waals surface area contributed by atoms with Crippen LogP contribution in [0.2, 0.25) is 0 Å². The minimum Gasteiger partial charge on any atom is -0.355 e. The van der Waals surface area contributed by atoms with Gasteiger partial charge >= 0.3 is 0 Å². The Balaban J connectivity index is 1.93. The van der Waals surface area contributed by atoms with Gasteiger partial charge in [-0.15, -0.1) is 0 Å². The highest BCUT2D eigenvalue weighted by molar-refractivity contribution is 5.80. The number of rotatable bonds is 4. The summed E-state index contributed by atoms with van der Waals surface area (Å²) in [5, 5.41) is 6.04. The Labute approximate surface area is 107 Å². The lowest BCUT2D eigenvalue weighted by Crippen LogP contribution is -2.52. The van der Waals surface area contributed by atoms with Crippen molar-refractivity contribution >= 4 is 5.91 Å². The van der Waals surface area contributed by atoms with Crippen LogP contribution in [-0.2, 0) is 10.2 Å². The Morgan fingerprint density at radius 2 is 2.00 bits per heavy atom. The molecule has 1 amide bonds. The van der Waals surface area contributed by atoms with E-state index in [1.807, 2.05) is 13.8 Å². The lowest BCUT2D eigenvalue weighted by Gasteiger charge is -2.30. The van der Waals surface area contributed by atoms with E-state index in [1.165, 1.54) is 12.1 Å². The molecule has 0 unspecified atom stereocenters. The molecule has 0 aliphatic carbocycles. The fraction of sp³-hybridized carbons (Fsp3) is 0.500. The summed E-state index contributed by atoms with van der Waals surface area (Å²) >= 11 is 0. The molecule has 0 bridgehead atoms. The predicted octanol–water partition coefficient (Wildman–Crippen LogP) is 1.44. The monoisotopic (exact) mass is 250 g/mol. The van der Waals surface area contributed by atoms with Gasteiger partial charge in [0.25, 0.3) is 0 Å². The maximum absolute atomic E-state index is 12.9. The quantitative estimate of drug-likeness (QED) is 0.849. The molecule has 1 aliphatic rings. The van der Waals surface area contributed by atoms with E-state index in [9.17, 15) is 9.18 Å². The second-order valence-electron chi connectivity index (χ2n) is 5.46. The van der Waals surface area contributed by atoms with Crippen molar-refractivity contribution in [2.45, 2.75) is 19.3 Å². The summed E-state index contributed by atoms with van der Waals surface area (Å²) in [6.45, 7) is 6.18. The molecule has 18 heavy (non-hydrogen) atoms. The first kappa shape index (κ1) is 13.0. The molecule has 1 heterocycles. The number of hydrogen-bond donors (Lipinski definition) is 2. The van der Waals surface area contributed by atoms with Crippen molar-refractivity contribution in [2.75, 3.05) is 19.6 Å². The molecule has 1 aromatic carbocycles. The zero-order chi connectivity index (χ0) is 13.2. The van der Waals surface area contributed by atoms with Crippen LogP contribution in [0.3, 0.4) is 0 Å². The normalized spacial score (nSPS) is 16.2. The maximum atomic E-state index is 12.9. The predicted molar refractivity (Wildman–Crippen MR) is 68.8 cm³/mol. The SMILES string of the molecule is CC(C)(CNC(=O)C1CNC1)c1ccc(F)cc1. The maximum Gasteiger partial charge on any atom is 0.225 e. The van der Waals surface area contributed by atoms with Crippen molar-refractivity contribution in [3.8, 4) is 0 Å². The molecule has 0 radical (unpaired) electrons. The summed E-state index contributed by atoms with van der Waals surface area (Å²) in [7, 11) is 0. The highest BCUT2D eigenvalue weighted by atomic mass is 19.1. The smallest absolute Gasteiger partial charge is 0.225 e. The van der Waals surface area contributed by atoms with Crippen LogP contribution >= 0.6 is 0 Å². The summed E-state index contributed by atoms with van der Waals surface area (Å²) in [4.78, 5) is 11.7. The molecule has 1 fully saturated rings. The Morgan fingerprint density at radius 1 is 1.39 bits per heavy atom. The van der Waals surface area contributed by atoms with Crippen molar-refractivity contribution in [2.24, 2.45) is 5.92 Å². The molecule has 0 saturated carbocycles. The molecule has 4 heteroatoms. The number of carbonyl (C=O) groups is 1. The van der Waals surface area contributed by atoms with E-state index >= 15 is 0 Å². The lowest BCUT2D eigenvalue weighted by atomic mass is 9.84. The molecule has 2 N–H and O–H groups in total. The Bertz CT molecular complexity index is 424. The molecule has 1 aromatic rings. The Morgan fingerprint density at radius 3 is 2.50 bits per heavy atom. The standard InChI is InChI=1S/C14H19FN2O/c1-14(2,11-3-5-12(15)6-4-11)9-17-13(18)10-7-16-8-10/h3-6,10,16H,7-9H2,1-2H3,(H,17,18). The van der Waals surface area contributed by atoms with E-state index in [0.717, 1.165) is 18.7 Å². The van der Waals surface area contributed by atoms with Crippen LogP contribution in [0.4, 0.5) is 4.39 Å². The summed E-state index contributed by atoms with van der Waals surface area (Å²) in [5.74, 6) is -0.0305. The van der Waals surface area contributed by atoms with Crippen LogP contribution in [0.25, 0.3) is 0 Å². The van der Waals surface area contributed by atoms with E-state index in [1.54, 1.807) is 12.1 Å². The van der Waals surface area contributed by atoms with Crippen LogP contribution in [0.1, 0.15) is 19.4 Å². The van der Waals surface area contributed by atoms with Gasteiger partial charge in [-0.25, -0.2) is 4.39 Å². The molecular weight excluding hydrogens is 231 g/mol. The highest BCUT2D eigenvalue weighted by Crippen LogP contribution is 2.22. The topological polar surface area (TPSA) is 41.1 Å². The number of benzene rings is 1. The molecule has 1 aliphatic heterocycles. The van der Waals surface area contributed by atoms with Gasteiger partial charge in [0.2, 0.25) is 5.91 Å². The zero-order valence-electron chi connectivity index (χ0n) is 10.8. The van der Waals surface area contributed by atoms with Gasteiger partial charge in [-0.2, -0.15) is 0 Å². The second-order valence-corrected chi connectivity index (χ2v) is 5.46. The van der Waals surface area contributed by atoms with Gasteiger partial charge in [-0.3, -0.25) is 4.79 Å². The number of halogens is 1. The summed E-state index contributed by atoms with van der Waals surface area (Å²) in [6, 6.07) is 6.45. The van der Waals surface area contributed by atoms with Crippen molar-refractivity contribution in [3.63, 3.8) is 0 Å². The summed E-state index contributed by atoms with van der Waals surface area (Å²) in [5.41, 5.74) is 0.830. The van der Waals surface area contributed by atoms with Gasteiger partial charge < -0.3 is 10.6 Å². The minimum absolute atomic E-state index is 0.101. The summed E-state index contributed by atoms with van der Waals surface area (Å²) < 4.78 is 12.9. The van der Waals surface area contributed by atoms with Crippen molar-refractivity contribution in [1.29, 1.82) is 0 Å². The van der Waals surface area contributed by atoms with E-state index in [2.05, 4.69) is 10.6 Å². The number of carbonyl (C=O) groups excluding carboxylic acids is 1. The molecule has 0 aromatic heterocycles. The van der Waals surface area contributed by atoms with E-state index < -0.39 is 0 Å². The van der Waals surface area contributed by atoms with Crippen LogP contribution in [-0.4, -0.2) is 25.5 Å². The van der Waals surface area contributed by atoms with Gasteiger partial charge in [0, 0.05) is 25.0 Å². The van der Waals surface area contributed by atoms with Gasteiger partial charge in [-0.05, 0) is 17.7 Å². The minimum atomic E-state index is -0.237. The second kappa shape index (κ2) is 5.06. The van der Waals surface area contributed by atoms with Crippen molar-refractivity contribution in [3.05, 3.63) is 35.6 Å². The fourth-order valence-corrected chi connectivity index (χ4v) is 1.93. The molecule has 3 nitrogen and oxygen atoms in total. The first-order valence-electron chi connectivity index (χ1n) is 6.23. The molecule has 0 spiro atoms. The van der Waals surface area contributed by atoms with Crippen LogP contribution in [0, 0.1) is 11.7 Å². The van der Waals surface area contributed by atoms with Crippen LogP contribution < -0.4 is 10.6 Å². The fourth-order valence-electron chi connectivity index (χ4n) is 1.93. The number of nitrogens with one attached hydrogen (secondary N) is 2. The summed E-state index contributed by atoms with van der Waals surface area (Å²) in [6.07, 6.45) is 0. The number of hydrogen-bond acceptors (Lipinski definition) is 2.